The van der Waals surface area contributed by atoms with Crippen molar-refractivity contribution in [3.05, 3.63) is 83.9 Å². The Balaban J connectivity index is 1.38. The summed E-state index contributed by atoms with van der Waals surface area (Å²) in [5, 5.41) is 8.85. The number of benzene rings is 2. The Morgan fingerprint density at radius 2 is 1.24 bits per heavy atom. The van der Waals surface area contributed by atoms with Crippen molar-refractivity contribution in [2.75, 3.05) is 13.2 Å². The molecule has 0 amide bonds. The topological polar surface area (TPSA) is 74.2 Å². The summed E-state index contributed by atoms with van der Waals surface area (Å²) in [4.78, 5) is 12.9. The van der Waals surface area contributed by atoms with Gasteiger partial charge in [-0.05, 0) is 62.8 Å². The lowest BCUT2D eigenvalue weighted by atomic mass is 10.0. The zero-order chi connectivity index (χ0) is 34.8. The molecule has 0 aliphatic carbocycles. The summed E-state index contributed by atoms with van der Waals surface area (Å²) in [5.74, 6) is -0.557. The number of hydrogen-bond donors (Lipinski definition) is 1. The predicted molar refractivity (Wildman–Crippen MR) is 199 cm³/mol. The molecule has 0 aromatic heterocycles. The quantitative estimate of drug-likeness (QED) is 0.0682. The van der Waals surface area contributed by atoms with Gasteiger partial charge in [-0.3, -0.25) is 4.79 Å². The summed E-state index contributed by atoms with van der Waals surface area (Å²) in [6.45, 7) is 6.09. The molecule has 1 aliphatic heterocycles. The molecule has 1 saturated heterocycles. The van der Waals surface area contributed by atoms with Gasteiger partial charge in [0.1, 0.15) is 12.2 Å². The van der Waals surface area contributed by atoms with Crippen molar-refractivity contribution in [1.82, 2.24) is 0 Å². The van der Waals surface area contributed by atoms with E-state index in [4.69, 9.17) is 24.1 Å². The van der Waals surface area contributed by atoms with Gasteiger partial charge in [0.25, 0.3) is 0 Å². The number of ketones is 1. The van der Waals surface area contributed by atoms with Gasteiger partial charge in [0.2, 0.25) is 0 Å². The van der Waals surface area contributed by atoms with Crippen LogP contribution < -0.4 is 0 Å². The summed E-state index contributed by atoms with van der Waals surface area (Å²) < 4.78 is 25.1. The zero-order valence-corrected chi connectivity index (χ0v) is 30.7. The second-order valence-corrected chi connectivity index (χ2v) is 14.2. The number of aliphatic hydroxyl groups is 1. The molecular weight excluding hydrogens is 612 g/mol. The Bertz CT molecular complexity index is 1120. The van der Waals surface area contributed by atoms with Crippen molar-refractivity contribution in [2.24, 2.45) is 0 Å². The lowest BCUT2D eigenvalue weighted by Gasteiger charge is -2.25. The molecule has 274 valence electrons. The van der Waals surface area contributed by atoms with E-state index in [0.717, 1.165) is 63.5 Å². The first-order valence-electron chi connectivity index (χ1n) is 19.4. The third-order valence-corrected chi connectivity index (χ3v) is 9.27. The molecule has 0 saturated carbocycles. The van der Waals surface area contributed by atoms with Gasteiger partial charge >= 0.3 is 0 Å². The molecule has 6 nitrogen and oxygen atoms in total. The van der Waals surface area contributed by atoms with Gasteiger partial charge in [-0.2, -0.15) is 0 Å². The second kappa shape index (κ2) is 25.6. The van der Waals surface area contributed by atoms with Gasteiger partial charge in [-0.25, -0.2) is 0 Å². The van der Waals surface area contributed by atoms with E-state index in [1.165, 1.54) is 63.4 Å². The van der Waals surface area contributed by atoms with E-state index in [2.05, 4.69) is 24.3 Å². The molecule has 1 fully saturated rings. The van der Waals surface area contributed by atoms with Crippen LogP contribution >= 0.6 is 0 Å². The third-order valence-electron chi connectivity index (χ3n) is 9.27. The van der Waals surface area contributed by atoms with Crippen LogP contribution in [0.25, 0.3) is 0 Å². The molecule has 1 aliphatic rings. The molecule has 0 spiro atoms. The Hall–Kier alpha value is -2.35. The molecule has 2 aromatic carbocycles. The average molecular weight is 679 g/mol. The van der Waals surface area contributed by atoms with Crippen LogP contribution in [0.2, 0.25) is 0 Å². The van der Waals surface area contributed by atoms with Gasteiger partial charge in [0.15, 0.2) is 11.6 Å². The van der Waals surface area contributed by atoms with Crippen molar-refractivity contribution in [3.8, 4) is 0 Å². The lowest BCUT2D eigenvalue weighted by Crippen LogP contribution is -2.36. The van der Waals surface area contributed by atoms with Crippen LogP contribution in [0.4, 0.5) is 0 Å². The number of ether oxygens (including phenoxy) is 4. The van der Waals surface area contributed by atoms with E-state index in [-0.39, 0.29) is 24.1 Å². The highest BCUT2D eigenvalue weighted by molar-refractivity contribution is 5.89. The van der Waals surface area contributed by atoms with Gasteiger partial charge < -0.3 is 24.1 Å². The molecular formula is C43H66O6. The van der Waals surface area contributed by atoms with Crippen molar-refractivity contribution in [3.63, 3.8) is 0 Å². The number of aliphatic hydroxyl groups excluding tert-OH is 1. The molecule has 49 heavy (non-hydrogen) atoms. The fraction of sp³-hybridized carbons (Fsp3) is 0.651. The highest BCUT2D eigenvalue weighted by atomic mass is 16.8. The molecule has 0 bridgehead atoms. The Morgan fingerprint density at radius 1 is 0.714 bits per heavy atom. The molecule has 1 N–H and O–H groups in total. The van der Waals surface area contributed by atoms with Crippen LogP contribution in [0.1, 0.15) is 141 Å². The maximum atomic E-state index is 12.9. The highest BCUT2D eigenvalue weighted by Gasteiger charge is 2.44. The molecule has 3 atom stereocenters. The monoisotopic (exact) mass is 678 g/mol. The molecule has 6 heteroatoms. The molecule has 0 unspecified atom stereocenters. The minimum absolute atomic E-state index is 0.113. The minimum atomic E-state index is -0.707. The molecule has 1 heterocycles. The van der Waals surface area contributed by atoms with E-state index in [1.807, 2.05) is 56.3 Å². The van der Waals surface area contributed by atoms with E-state index in [9.17, 15) is 4.79 Å². The van der Waals surface area contributed by atoms with Crippen LogP contribution in [0.15, 0.2) is 72.8 Å². The van der Waals surface area contributed by atoms with Crippen LogP contribution in [0.3, 0.4) is 0 Å². The maximum absolute atomic E-state index is 12.9. The standard InChI is InChI=1S/C43H66O6/c1-43(2)48-41(30-22-16-24-34-46-35-37-25-17-14-18-26-37)42(49-43)40(47-36-38-27-19-15-20-28-38)32-31-39(45)29-21-12-10-8-6-4-3-5-7-9-11-13-23-33-44/h14-15,17-20,25-28,31-32,40-42,44H,3-13,16,21-24,29-30,33-36H2,1-2H3/b32-31+/t40-,41-,42-/m1/s1. The Kier molecular flexibility index (Phi) is 21.4. The number of hydrogen-bond acceptors (Lipinski definition) is 6. The third kappa shape index (κ3) is 19.0. The van der Waals surface area contributed by atoms with E-state index >= 15 is 0 Å². The number of unbranched alkanes of at least 4 members (excludes halogenated alkanes) is 14. The second-order valence-electron chi connectivity index (χ2n) is 14.2. The van der Waals surface area contributed by atoms with Crippen molar-refractivity contribution in [1.29, 1.82) is 0 Å². The van der Waals surface area contributed by atoms with Crippen LogP contribution in [0, 0.1) is 0 Å². The average Bonchev–Trinajstić information content (AvgIpc) is 3.42. The fourth-order valence-corrected chi connectivity index (χ4v) is 6.52. The van der Waals surface area contributed by atoms with Gasteiger partial charge in [-0.15, -0.1) is 0 Å². The Morgan fingerprint density at radius 3 is 1.84 bits per heavy atom. The first kappa shape index (κ1) is 41.1. The van der Waals surface area contributed by atoms with Crippen LogP contribution in [0.5, 0.6) is 0 Å². The van der Waals surface area contributed by atoms with Crippen LogP contribution in [-0.4, -0.2) is 48.2 Å². The van der Waals surface area contributed by atoms with Crippen molar-refractivity contribution < 1.29 is 28.8 Å². The zero-order valence-electron chi connectivity index (χ0n) is 30.7. The summed E-state index contributed by atoms with van der Waals surface area (Å²) >= 11 is 0. The normalized spacial score (nSPS) is 17.9. The van der Waals surface area contributed by atoms with E-state index in [0.29, 0.717) is 26.2 Å². The number of carbonyl (C=O) groups is 1. The number of carbonyl (C=O) groups excluding carboxylic acids is 1. The number of allylic oxidation sites excluding steroid dienone is 1. The van der Waals surface area contributed by atoms with E-state index in [1.54, 1.807) is 6.08 Å². The fourth-order valence-electron chi connectivity index (χ4n) is 6.52. The Labute approximate surface area is 298 Å². The van der Waals surface area contributed by atoms with Crippen molar-refractivity contribution in [2.45, 2.75) is 167 Å². The summed E-state index contributed by atoms with van der Waals surface area (Å²) in [6.07, 6.45) is 23.1. The van der Waals surface area contributed by atoms with Gasteiger partial charge in [0.05, 0.1) is 19.3 Å². The molecule has 0 radical (unpaired) electrons. The van der Waals surface area contributed by atoms with Gasteiger partial charge in [-0.1, -0.05) is 144 Å². The summed E-state index contributed by atoms with van der Waals surface area (Å²) in [7, 11) is 0. The first-order chi connectivity index (χ1) is 24.0. The number of rotatable bonds is 29. The smallest absolute Gasteiger partial charge is 0.163 e. The van der Waals surface area contributed by atoms with Crippen molar-refractivity contribution >= 4 is 5.78 Å². The lowest BCUT2D eigenvalue weighted by molar-refractivity contribution is -0.156. The SMILES string of the molecule is CC1(C)O[C@H]([C@@H](/C=C/C(=O)CCCCCCCCCCCCCCCO)OCc2ccccc2)[C@@H](CCCCCOCc2ccccc2)O1. The van der Waals surface area contributed by atoms with Gasteiger partial charge in [0, 0.05) is 19.6 Å². The maximum Gasteiger partial charge on any atom is 0.163 e. The molecule has 2 aromatic rings. The minimum Gasteiger partial charge on any atom is -0.396 e. The molecule has 3 rings (SSSR count). The summed E-state index contributed by atoms with van der Waals surface area (Å²) in [6, 6.07) is 20.4. The highest BCUT2D eigenvalue weighted by Crippen LogP contribution is 2.34. The van der Waals surface area contributed by atoms with Crippen LogP contribution in [-0.2, 0) is 37.0 Å². The first-order valence-corrected chi connectivity index (χ1v) is 19.4. The van der Waals surface area contributed by atoms with E-state index < -0.39 is 5.79 Å². The predicted octanol–water partition coefficient (Wildman–Crippen LogP) is 10.4. The largest absolute Gasteiger partial charge is 0.396 e. The summed E-state index contributed by atoms with van der Waals surface area (Å²) in [5.41, 5.74) is 2.29.